The van der Waals surface area contributed by atoms with E-state index in [-0.39, 0.29) is 29.1 Å². The number of ether oxygens (including phenoxy) is 2. The Labute approximate surface area is 158 Å². The molecule has 3 heterocycles. The van der Waals surface area contributed by atoms with Gasteiger partial charge in [-0.3, -0.25) is 9.78 Å². The zero-order valence-corrected chi connectivity index (χ0v) is 14.7. The zero-order chi connectivity index (χ0) is 20.0. The summed E-state index contributed by atoms with van der Waals surface area (Å²) in [6, 6.07) is 2.68. The summed E-state index contributed by atoms with van der Waals surface area (Å²) in [5.41, 5.74) is 0.0467. The van der Waals surface area contributed by atoms with Crippen molar-refractivity contribution in [1.29, 1.82) is 0 Å². The number of anilines is 2. The molecule has 1 unspecified atom stereocenters. The van der Waals surface area contributed by atoms with Gasteiger partial charge < -0.3 is 20.1 Å². The van der Waals surface area contributed by atoms with E-state index in [4.69, 9.17) is 9.47 Å². The lowest BCUT2D eigenvalue weighted by atomic mass is 10.1. The largest absolute Gasteiger partial charge is 0.482 e. The molecule has 11 heteroatoms. The maximum atomic E-state index is 12.5. The van der Waals surface area contributed by atoms with E-state index in [9.17, 15) is 18.0 Å². The highest BCUT2D eigenvalue weighted by Gasteiger charge is 2.29. The van der Waals surface area contributed by atoms with Gasteiger partial charge in [-0.05, 0) is 18.9 Å². The van der Waals surface area contributed by atoms with Gasteiger partial charge in [0.2, 0.25) is 5.95 Å². The SMILES string of the molecule is O=C(Nc1cnccc1OCC(F)(F)F)c1ccnc(NC2CCCOC2)n1. The number of alkyl halides is 3. The third-order valence-corrected chi connectivity index (χ3v) is 3.80. The van der Waals surface area contributed by atoms with Gasteiger partial charge in [0.15, 0.2) is 6.61 Å². The van der Waals surface area contributed by atoms with Crippen molar-refractivity contribution in [3.05, 3.63) is 36.4 Å². The van der Waals surface area contributed by atoms with E-state index in [0.717, 1.165) is 12.8 Å². The van der Waals surface area contributed by atoms with E-state index in [1.165, 1.54) is 30.7 Å². The molecule has 1 amide bonds. The lowest BCUT2D eigenvalue weighted by Gasteiger charge is -2.23. The van der Waals surface area contributed by atoms with E-state index < -0.39 is 18.7 Å². The van der Waals surface area contributed by atoms with Crippen LogP contribution < -0.4 is 15.4 Å². The number of pyridine rings is 1. The van der Waals surface area contributed by atoms with Gasteiger partial charge in [-0.2, -0.15) is 13.2 Å². The molecule has 2 aromatic heterocycles. The Morgan fingerprint density at radius 2 is 2.18 bits per heavy atom. The predicted molar refractivity (Wildman–Crippen MR) is 93.2 cm³/mol. The van der Waals surface area contributed by atoms with E-state index >= 15 is 0 Å². The van der Waals surface area contributed by atoms with Crippen molar-refractivity contribution >= 4 is 17.5 Å². The number of hydrogen-bond donors (Lipinski definition) is 2. The third kappa shape index (κ3) is 5.78. The summed E-state index contributed by atoms with van der Waals surface area (Å²) in [4.78, 5) is 24.5. The second kappa shape index (κ2) is 8.83. The molecule has 1 saturated heterocycles. The molecule has 0 radical (unpaired) electrons. The third-order valence-electron chi connectivity index (χ3n) is 3.80. The monoisotopic (exact) mass is 397 g/mol. The highest BCUT2D eigenvalue weighted by Crippen LogP contribution is 2.25. The van der Waals surface area contributed by atoms with Crippen LogP contribution in [0.4, 0.5) is 24.8 Å². The number of halogens is 3. The average Bonchev–Trinajstić information content (AvgIpc) is 2.68. The van der Waals surface area contributed by atoms with Gasteiger partial charge in [0.1, 0.15) is 17.1 Å². The van der Waals surface area contributed by atoms with Gasteiger partial charge in [0.05, 0.1) is 18.8 Å². The Morgan fingerprint density at radius 1 is 1.32 bits per heavy atom. The molecule has 1 aliphatic rings. The molecule has 28 heavy (non-hydrogen) atoms. The molecule has 3 rings (SSSR count). The van der Waals surface area contributed by atoms with Crippen LogP contribution in [0.5, 0.6) is 5.75 Å². The molecule has 2 aromatic rings. The van der Waals surface area contributed by atoms with Gasteiger partial charge in [0.25, 0.3) is 5.91 Å². The summed E-state index contributed by atoms with van der Waals surface area (Å²) in [6.07, 6.45) is 1.19. The molecule has 2 N–H and O–H groups in total. The van der Waals surface area contributed by atoms with E-state index in [2.05, 4.69) is 25.6 Å². The van der Waals surface area contributed by atoms with Crippen LogP contribution >= 0.6 is 0 Å². The van der Waals surface area contributed by atoms with E-state index in [0.29, 0.717) is 13.2 Å². The topological polar surface area (TPSA) is 98.3 Å². The van der Waals surface area contributed by atoms with Crippen molar-refractivity contribution in [3.63, 3.8) is 0 Å². The minimum atomic E-state index is -4.50. The van der Waals surface area contributed by atoms with Crippen molar-refractivity contribution in [3.8, 4) is 5.75 Å². The fourth-order valence-electron chi connectivity index (χ4n) is 2.54. The Morgan fingerprint density at radius 3 is 2.93 bits per heavy atom. The fraction of sp³-hybridized carbons (Fsp3) is 0.412. The number of nitrogens with zero attached hydrogens (tertiary/aromatic N) is 3. The minimum absolute atomic E-state index is 0.00514. The summed E-state index contributed by atoms with van der Waals surface area (Å²) < 4.78 is 47.2. The second-order valence-corrected chi connectivity index (χ2v) is 6.05. The maximum Gasteiger partial charge on any atom is 0.422 e. The number of amides is 1. The lowest BCUT2D eigenvalue weighted by Crippen LogP contribution is -2.31. The Kier molecular flexibility index (Phi) is 6.24. The van der Waals surface area contributed by atoms with Crippen LogP contribution in [0, 0.1) is 0 Å². The molecule has 0 saturated carbocycles. The van der Waals surface area contributed by atoms with Crippen LogP contribution in [0.1, 0.15) is 23.3 Å². The minimum Gasteiger partial charge on any atom is -0.482 e. The van der Waals surface area contributed by atoms with Crippen LogP contribution in [0.2, 0.25) is 0 Å². The molecule has 1 atom stereocenters. The average molecular weight is 397 g/mol. The smallest absolute Gasteiger partial charge is 0.422 e. The molecular weight excluding hydrogens is 379 g/mol. The molecule has 0 aliphatic carbocycles. The lowest BCUT2D eigenvalue weighted by molar-refractivity contribution is -0.153. The molecular formula is C17H18F3N5O3. The summed E-state index contributed by atoms with van der Waals surface area (Å²) in [7, 11) is 0. The number of rotatable bonds is 6. The van der Waals surface area contributed by atoms with Crippen molar-refractivity contribution in [2.45, 2.75) is 25.1 Å². The van der Waals surface area contributed by atoms with Gasteiger partial charge in [-0.1, -0.05) is 0 Å². The van der Waals surface area contributed by atoms with Crippen molar-refractivity contribution in [1.82, 2.24) is 15.0 Å². The summed E-state index contributed by atoms with van der Waals surface area (Å²) in [5.74, 6) is -0.509. The Balaban J connectivity index is 1.67. The molecule has 0 spiro atoms. The van der Waals surface area contributed by atoms with Crippen LogP contribution in [0.25, 0.3) is 0 Å². The van der Waals surface area contributed by atoms with Crippen molar-refractivity contribution in [2.75, 3.05) is 30.5 Å². The van der Waals surface area contributed by atoms with E-state index in [1.807, 2.05) is 0 Å². The molecule has 0 bridgehead atoms. The van der Waals surface area contributed by atoms with E-state index in [1.54, 1.807) is 0 Å². The molecule has 1 fully saturated rings. The maximum absolute atomic E-state index is 12.5. The van der Waals surface area contributed by atoms with Crippen LogP contribution in [-0.4, -0.2) is 52.9 Å². The van der Waals surface area contributed by atoms with Gasteiger partial charge in [0, 0.05) is 25.1 Å². The number of aromatic nitrogens is 3. The first-order valence-corrected chi connectivity index (χ1v) is 8.53. The zero-order valence-electron chi connectivity index (χ0n) is 14.7. The number of carbonyl (C=O) groups is 1. The number of carbonyl (C=O) groups excluding carboxylic acids is 1. The number of hydrogen-bond acceptors (Lipinski definition) is 7. The summed E-state index contributed by atoms with van der Waals surface area (Å²) in [5, 5.41) is 5.56. The van der Waals surface area contributed by atoms with Crippen LogP contribution in [0.15, 0.2) is 30.7 Å². The first kappa shape index (κ1) is 19.8. The van der Waals surface area contributed by atoms with Gasteiger partial charge in [-0.25, -0.2) is 9.97 Å². The molecule has 150 valence electrons. The number of nitrogens with one attached hydrogen (secondary N) is 2. The fourth-order valence-corrected chi connectivity index (χ4v) is 2.54. The normalized spacial score (nSPS) is 17.0. The highest BCUT2D eigenvalue weighted by molar-refractivity contribution is 6.03. The quantitative estimate of drug-likeness (QED) is 0.773. The first-order valence-electron chi connectivity index (χ1n) is 8.53. The standard InChI is InChI=1S/C17H18F3N5O3/c18-17(19,20)10-28-14-4-5-21-8-13(14)24-15(26)12-3-6-22-16(25-12)23-11-2-1-7-27-9-11/h3-6,8,11H,1-2,7,9-10H2,(H,24,26)(H,22,23,25). The Bertz CT molecular complexity index is 813. The summed E-state index contributed by atoms with van der Waals surface area (Å²) in [6.45, 7) is -0.244. The molecule has 1 aliphatic heterocycles. The molecule has 8 nitrogen and oxygen atoms in total. The first-order chi connectivity index (χ1) is 13.4. The highest BCUT2D eigenvalue weighted by atomic mass is 19.4. The predicted octanol–water partition coefficient (Wildman–Crippen LogP) is 2.66. The van der Waals surface area contributed by atoms with Crippen molar-refractivity contribution in [2.24, 2.45) is 0 Å². The van der Waals surface area contributed by atoms with Gasteiger partial charge >= 0.3 is 6.18 Å². The summed E-state index contributed by atoms with van der Waals surface area (Å²) >= 11 is 0. The van der Waals surface area contributed by atoms with Crippen LogP contribution in [0.3, 0.4) is 0 Å². The Hall–Kier alpha value is -2.95. The molecule has 0 aromatic carbocycles. The van der Waals surface area contributed by atoms with Crippen molar-refractivity contribution < 1.29 is 27.4 Å². The second-order valence-electron chi connectivity index (χ2n) is 6.05. The van der Waals surface area contributed by atoms with Gasteiger partial charge in [-0.15, -0.1) is 0 Å². The van der Waals surface area contributed by atoms with Crippen LogP contribution in [-0.2, 0) is 4.74 Å².